The van der Waals surface area contributed by atoms with Crippen molar-refractivity contribution in [2.75, 3.05) is 13.1 Å². The van der Waals surface area contributed by atoms with E-state index >= 15 is 0 Å². The quantitative estimate of drug-likeness (QED) is 0.543. The van der Waals surface area contributed by atoms with Crippen molar-refractivity contribution in [2.45, 2.75) is 70.7 Å². The number of ether oxygens (including phenoxy) is 2. The largest absolute Gasteiger partial charge is 0.465 e. The van der Waals surface area contributed by atoms with Crippen LogP contribution in [-0.2, 0) is 9.53 Å². The molecule has 1 unspecified atom stereocenters. The highest BCUT2D eigenvalue weighted by atomic mass is 16.7. The van der Waals surface area contributed by atoms with E-state index in [1.807, 2.05) is 42.2 Å². The van der Waals surface area contributed by atoms with Crippen LogP contribution in [0.25, 0.3) is 6.08 Å². The average molecular weight is 357 g/mol. The molecule has 0 radical (unpaired) electrons. The molecule has 1 aromatic rings. The van der Waals surface area contributed by atoms with Gasteiger partial charge in [-0.15, -0.1) is 0 Å². The van der Waals surface area contributed by atoms with Crippen LogP contribution < -0.4 is 4.74 Å². The maximum absolute atomic E-state index is 12.3. The van der Waals surface area contributed by atoms with Gasteiger partial charge in [-0.1, -0.05) is 37.5 Å². The highest BCUT2D eigenvalue weighted by Crippen LogP contribution is 2.25. The Labute approximate surface area is 157 Å². The number of carbonyl (C=O) groups excluding carboxylic acids is 1. The molecule has 4 nitrogen and oxygen atoms in total. The summed E-state index contributed by atoms with van der Waals surface area (Å²) in [4.78, 5) is 14.3. The Kier molecular flexibility index (Phi) is 7.13. The van der Waals surface area contributed by atoms with E-state index in [1.165, 1.54) is 25.7 Å². The molecule has 2 aliphatic rings. The van der Waals surface area contributed by atoms with Crippen molar-refractivity contribution in [3.63, 3.8) is 0 Å². The van der Waals surface area contributed by atoms with Crippen molar-refractivity contribution < 1.29 is 14.3 Å². The lowest BCUT2D eigenvalue weighted by Gasteiger charge is -2.26. The number of benzene rings is 1. The molecule has 1 amide bonds. The first-order chi connectivity index (χ1) is 12.7. The fraction of sp³-hybridized carbons (Fsp3) is 0.591. The smallest absolute Gasteiger partial charge is 0.246 e. The minimum Gasteiger partial charge on any atom is -0.465 e. The van der Waals surface area contributed by atoms with E-state index < -0.39 is 0 Å². The summed E-state index contributed by atoms with van der Waals surface area (Å²) in [6.07, 6.45) is 13.0. The second-order valence-corrected chi connectivity index (χ2v) is 7.34. The molecule has 3 rings (SSSR count). The molecule has 4 heteroatoms. The van der Waals surface area contributed by atoms with Gasteiger partial charge in [0.1, 0.15) is 5.75 Å². The van der Waals surface area contributed by atoms with E-state index in [1.54, 1.807) is 6.08 Å². The average Bonchev–Trinajstić information content (AvgIpc) is 2.68. The second-order valence-electron chi connectivity index (χ2n) is 7.34. The third-order valence-corrected chi connectivity index (χ3v) is 5.22. The van der Waals surface area contributed by atoms with Gasteiger partial charge in [-0.05, 0) is 51.2 Å². The highest BCUT2D eigenvalue weighted by Gasteiger charge is 2.18. The molecule has 0 bridgehead atoms. The first-order valence-corrected chi connectivity index (χ1v) is 10.1. The van der Waals surface area contributed by atoms with E-state index in [2.05, 4.69) is 0 Å². The third kappa shape index (κ3) is 5.60. The number of likely N-dealkylation sites (tertiary alicyclic amines) is 1. The zero-order valence-corrected chi connectivity index (χ0v) is 15.9. The molecule has 1 atom stereocenters. The Hall–Kier alpha value is -1.81. The Morgan fingerprint density at radius 3 is 2.54 bits per heavy atom. The summed E-state index contributed by atoms with van der Waals surface area (Å²) in [5, 5.41) is 0. The molecule has 1 saturated carbocycles. The van der Waals surface area contributed by atoms with Gasteiger partial charge in [0.15, 0.2) is 6.29 Å². The van der Waals surface area contributed by atoms with Gasteiger partial charge in [-0.3, -0.25) is 4.79 Å². The van der Waals surface area contributed by atoms with E-state index in [0.717, 1.165) is 50.1 Å². The molecule has 0 aromatic heterocycles. The van der Waals surface area contributed by atoms with Crippen molar-refractivity contribution in [3.05, 3.63) is 35.9 Å². The summed E-state index contributed by atoms with van der Waals surface area (Å²) < 4.78 is 12.1. The number of para-hydroxylation sites is 1. The molecular formula is C22H31NO3. The molecule has 1 aromatic carbocycles. The lowest BCUT2D eigenvalue weighted by Crippen LogP contribution is -2.34. The summed E-state index contributed by atoms with van der Waals surface area (Å²) in [5.74, 6) is 0.851. The number of hydrogen-bond donors (Lipinski definition) is 0. The van der Waals surface area contributed by atoms with E-state index in [9.17, 15) is 4.79 Å². The fourth-order valence-electron chi connectivity index (χ4n) is 3.79. The van der Waals surface area contributed by atoms with E-state index in [0.29, 0.717) is 6.10 Å². The standard InChI is InChI=1S/C22H31NO3/c1-18(25-20-11-4-2-5-12-20)26-21-13-7-6-10-19(21)14-15-22(24)23-16-8-3-9-17-23/h6-7,10,13-15,18,20H,2-5,8-9,11-12,16-17H2,1H3/b15-14+. The highest BCUT2D eigenvalue weighted by molar-refractivity contribution is 5.92. The molecule has 2 fully saturated rings. The van der Waals surface area contributed by atoms with Gasteiger partial charge in [-0.2, -0.15) is 0 Å². The number of hydrogen-bond acceptors (Lipinski definition) is 3. The molecule has 0 spiro atoms. The van der Waals surface area contributed by atoms with Gasteiger partial charge in [0, 0.05) is 24.7 Å². The summed E-state index contributed by atoms with van der Waals surface area (Å²) >= 11 is 0. The van der Waals surface area contributed by atoms with Crippen LogP contribution in [0.4, 0.5) is 0 Å². The van der Waals surface area contributed by atoms with Gasteiger partial charge in [0.05, 0.1) is 6.10 Å². The predicted molar refractivity (Wildman–Crippen MR) is 104 cm³/mol. The minimum atomic E-state index is -0.287. The Morgan fingerprint density at radius 2 is 1.77 bits per heavy atom. The van der Waals surface area contributed by atoms with E-state index in [4.69, 9.17) is 9.47 Å². The monoisotopic (exact) mass is 357 g/mol. The van der Waals surface area contributed by atoms with Crippen molar-refractivity contribution >= 4 is 12.0 Å². The zero-order chi connectivity index (χ0) is 18.2. The van der Waals surface area contributed by atoms with Crippen LogP contribution >= 0.6 is 0 Å². The van der Waals surface area contributed by atoms with Gasteiger partial charge in [0.2, 0.25) is 5.91 Å². The van der Waals surface area contributed by atoms with Crippen molar-refractivity contribution in [1.29, 1.82) is 0 Å². The number of nitrogens with zero attached hydrogens (tertiary/aromatic N) is 1. The molecular weight excluding hydrogens is 326 g/mol. The van der Waals surface area contributed by atoms with Crippen LogP contribution in [0.5, 0.6) is 5.75 Å². The van der Waals surface area contributed by atoms with Crippen LogP contribution in [0.3, 0.4) is 0 Å². The zero-order valence-electron chi connectivity index (χ0n) is 15.9. The van der Waals surface area contributed by atoms with Crippen LogP contribution in [0.1, 0.15) is 63.9 Å². The van der Waals surface area contributed by atoms with Crippen molar-refractivity contribution in [2.24, 2.45) is 0 Å². The molecule has 1 saturated heterocycles. The topological polar surface area (TPSA) is 38.8 Å². The van der Waals surface area contributed by atoms with E-state index in [-0.39, 0.29) is 12.2 Å². The first-order valence-electron chi connectivity index (χ1n) is 10.1. The van der Waals surface area contributed by atoms with Crippen LogP contribution in [0.15, 0.2) is 30.3 Å². The summed E-state index contributed by atoms with van der Waals surface area (Å²) in [5.41, 5.74) is 0.914. The molecule has 1 heterocycles. The fourth-order valence-corrected chi connectivity index (χ4v) is 3.79. The number of rotatable bonds is 6. The molecule has 142 valence electrons. The minimum absolute atomic E-state index is 0.0889. The van der Waals surface area contributed by atoms with Crippen LogP contribution in [0, 0.1) is 0 Å². The predicted octanol–water partition coefficient (Wildman–Crippen LogP) is 4.79. The van der Waals surface area contributed by atoms with Crippen LogP contribution in [-0.4, -0.2) is 36.3 Å². The molecule has 1 aliphatic carbocycles. The maximum atomic E-state index is 12.3. The van der Waals surface area contributed by atoms with Gasteiger partial charge in [0.25, 0.3) is 0 Å². The molecule has 26 heavy (non-hydrogen) atoms. The van der Waals surface area contributed by atoms with Gasteiger partial charge < -0.3 is 14.4 Å². The Bertz CT molecular complexity index is 601. The lowest BCUT2D eigenvalue weighted by atomic mass is 9.98. The number of carbonyl (C=O) groups is 1. The number of amides is 1. The first kappa shape index (κ1) is 19.0. The SMILES string of the molecule is CC(Oc1ccccc1/C=C/C(=O)N1CCCCC1)OC1CCCCC1. The Morgan fingerprint density at radius 1 is 1.08 bits per heavy atom. The van der Waals surface area contributed by atoms with Crippen molar-refractivity contribution in [1.82, 2.24) is 4.90 Å². The maximum Gasteiger partial charge on any atom is 0.246 e. The van der Waals surface area contributed by atoms with Gasteiger partial charge >= 0.3 is 0 Å². The molecule has 1 aliphatic heterocycles. The van der Waals surface area contributed by atoms with Crippen LogP contribution in [0.2, 0.25) is 0 Å². The number of piperidine rings is 1. The third-order valence-electron chi connectivity index (χ3n) is 5.22. The summed E-state index contributed by atoms with van der Waals surface area (Å²) in [6.45, 7) is 3.69. The summed E-state index contributed by atoms with van der Waals surface area (Å²) in [6, 6.07) is 7.82. The van der Waals surface area contributed by atoms with Gasteiger partial charge in [-0.25, -0.2) is 0 Å². The summed E-state index contributed by atoms with van der Waals surface area (Å²) in [7, 11) is 0. The van der Waals surface area contributed by atoms with Crippen molar-refractivity contribution in [3.8, 4) is 5.75 Å². The normalized spacial score (nSPS) is 20.3. The lowest BCUT2D eigenvalue weighted by molar-refractivity contribution is -0.126. The molecule has 0 N–H and O–H groups in total. The Balaban J connectivity index is 1.58. The second kappa shape index (κ2) is 9.77.